The van der Waals surface area contributed by atoms with Crippen molar-refractivity contribution in [3.05, 3.63) is 35.7 Å². The highest BCUT2D eigenvalue weighted by molar-refractivity contribution is 5.58. The van der Waals surface area contributed by atoms with Crippen LogP contribution >= 0.6 is 0 Å². The zero-order chi connectivity index (χ0) is 15.5. The molecular formula is C17H24N4O. The molecule has 5 heteroatoms. The maximum Gasteiger partial charge on any atom is 0.244 e. The normalized spacial score (nSPS) is 21.0. The summed E-state index contributed by atoms with van der Waals surface area (Å²) < 4.78 is 5.53. The van der Waals surface area contributed by atoms with Crippen LogP contribution in [0, 0.1) is 6.92 Å². The molecule has 0 bridgehead atoms. The molecule has 3 rings (SSSR count). The molecule has 1 fully saturated rings. The molecule has 1 saturated heterocycles. The van der Waals surface area contributed by atoms with Crippen molar-refractivity contribution in [2.24, 2.45) is 0 Å². The smallest absolute Gasteiger partial charge is 0.244 e. The van der Waals surface area contributed by atoms with Crippen LogP contribution in [0.2, 0.25) is 0 Å². The van der Waals surface area contributed by atoms with Gasteiger partial charge in [-0.15, -0.1) is 0 Å². The van der Waals surface area contributed by atoms with E-state index >= 15 is 0 Å². The Hall–Kier alpha value is -1.72. The van der Waals surface area contributed by atoms with Crippen LogP contribution in [-0.2, 0) is 0 Å². The predicted molar refractivity (Wildman–Crippen MR) is 86.5 cm³/mol. The number of hydrogen-bond acceptors (Lipinski definition) is 5. The molecule has 1 aliphatic heterocycles. The topological polar surface area (TPSA) is 54.2 Å². The summed E-state index contributed by atoms with van der Waals surface area (Å²) in [6, 6.07) is 8.83. The minimum atomic E-state index is 0.154. The number of likely N-dealkylation sites (N-methyl/N-ethyl adjacent to an activating group) is 1. The number of aryl methyl sites for hydroxylation is 1. The minimum absolute atomic E-state index is 0.154. The molecule has 2 aromatic rings. The molecular weight excluding hydrogens is 276 g/mol. The summed E-state index contributed by atoms with van der Waals surface area (Å²) in [5.41, 5.74) is 2.20. The van der Waals surface area contributed by atoms with Gasteiger partial charge in [0.15, 0.2) is 0 Å². The molecule has 0 amide bonds. The average Bonchev–Trinajstić information content (AvgIpc) is 3.04. The third kappa shape index (κ3) is 3.05. The second kappa shape index (κ2) is 6.58. The van der Waals surface area contributed by atoms with E-state index in [0.717, 1.165) is 24.2 Å². The highest BCUT2D eigenvalue weighted by Crippen LogP contribution is 2.26. The average molecular weight is 300 g/mol. The van der Waals surface area contributed by atoms with E-state index in [1.165, 1.54) is 12.8 Å². The first-order valence-corrected chi connectivity index (χ1v) is 8.00. The lowest BCUT2D eigenvalue weighted by molar-refractivity contribution is 0.126. The summed E-state index contributed by atoms with van der Waals surface area (Å²) in [4.78, 5) is 7.04. The zero-order valence-corrected chi connectivity index (χ0v) is 13.5. The quantitative estimate of drug-likeness (QED) is 0.941. The first kappa shape index (κ1) is 15.2. The molecule has 0 saturated carbocycles. The van der Waals surface area contributed by atoms with E-state index in [1.807, 2.05) is 25.2 Å². The van der Waals surface area contributed by atoms with Crippen molar-refractivity contribution >= 4 is 0 Å². The Kier molecular flexibility index (Phi) is 4.55. The Bertz CT molecular complexity index is 625. The van der Waals surface area contributed by atoms with Gasteiger partial charge in [0, 0.05) is 18.2 Å². The van der Waals surface area contributed by atoms with E-state index in [-0.39, 0.29) is 6.04 Å². The van der Waals surface area contributed by atoms with Gasteiger partial charge in [-0.2, -0.15) is 4.98 Å². The lowest BCUT2D eigenvalue weighted by atomic mass is 10.0. The summed E-state index contributed by atoms with van der Waals surface area (Å²) >= 11 is 0. The molecule has 1 aromatic heterocycles. The van der Waals surface area contributed by atoms with Crippen LogP contribution < -0.4 is 5.32 Å². The van der Waals surface area contributed by atoms with E-state index in [1.54, 1.807) is 0 Å². The number of nitrogens with one attached hydrogen (secondary N) is 1. The summed E-state index contributed by atoms with van der Waals surface area (Å²) in [5.74, 6) is 1.39. The fourth-order valence-electron chi connectivity index (χ4n) is 3.09. The van der Waals surface area contributed by atoms with Crippen molar-refractivity contribution in [2.75, 3.05) is 20.1 Å². The van der Waals surface area contributed by atoms with Gasteiger partial charge in [-0.05, 0) is 45.8 Å². The van der Waals surface area contributed by atoms with Gasteiger partial charge in [0.1, 0.15) is 0 Å². The number of hydrogen-bond donors (Lipinski definition) is 1. The van der Waals surface area contributed by atoms with E-state index in [2.05, 4.69) is 40.3 Å². The highest BCUT2D eigenvalue weighted by atomic mass is 16.5. The maximum absolute atomic E-state index is 5.53. The van der Waals surface area contributed by atoms with Gasteiger partial charge < -0.3 is 9.84 Å². The summed E-state index contributed by atoms with van der Waals surface area (Å²) in [6.07, 6.45) is 2.44. The summed E-state index contributed by atoms with van der Waals surface area (Å²) in [7, 11) is 2.03. The minimum Gasteiger partial charge on any atom is -0.337 e. The van der Waals surface area contributed by atoms with Gasteiger partial charge in [0.2, 0.25) is 11.7 Å². The molecule has 1 N–H and O–H groups in total. The van der Waals surface area contributed by atoms with Crippen molar-refractivity contribution < 1.29 is 4.52 Å². The molecule has 0 radical (unpaired) electrons. The maximum atomic E-state index is 5.53. The fourth-order valence-corrected chi connectivity index (χ4v) is 3.09. The van der Waals surface area contributed by atoms with Crippen LogP contribution in [0.1, 0.15) is 37.3 Å². The molecule has 1 aliphatic rings. The van der Waals surface area contributed by atoms with Crippen molar-refractivity contribution in [3.63, 3.8) is 0 Å². The van der Waals surface area contributed by atoms with Gasteiger partial charge in [-0.25, -0.2) is 0 Å². The van der Waals surface area contributed by atoms with Gasteiger partial charge in [0.05, 0.1) is 6.04 Å². The predicted octanol–water partition coefficient (Wildman–Crippen LogP) is 2.79. The SMILES string of the molecule is CNC1CCCN(C(C)c2nc(-c3ccccc3C)no2)C1. The number of likely N-dealkylation sites (tertiary alicyclic amines) is 1. The molecule has 2 unspecified atom stereocenters. The van der Waals surface area contributed by atoms with E-state index < -0.39 is 0 Å². The lowest BCUT2D eigenvalue weighted by Gasteiger charge is -2.35. The second-order valence-electron chi connectivity index (χ2n) is 6.07. The number of aromatic nitrogens is 2. The third-order valence-electron chi connectivity index (χ3n) is 4.59. The monoisotopic (exact) mass is 300 g/mol. The molecule has 2 atom stereocenters. The van der Waals surface area contributed by atoms with Crippen LogP contribution in [0.25, 0.3) is 11.4 Å². The van der Waals surface area contributed by atoms with Crippen molar-refractivity contribution in [1.29, 1.82) is 0 Å². The van der Waals surface area contributed by atoms with Crippen molar-refractivity contribution in [2.45, 2.75) is 38.8 Å². The standard InChI is InChI=1S/C17H24N4O/c1-12-7-4-5-9-15(12)16-19-17(22-20-16)13(2)21-10-6-8-14(11-21)18-3/h4-5,7,9,13-14,18H,6,8,10-11H2,1-3H3. The Morgan fingerprint density at radius 2 is 2.18 bits per heavy atom. The zero-order valence-electron chi connectivity index (χ0n) is 13.5. The van der Waals surface area contributed by atoms with Crippen LogP contribution in [0.15, 0.2) is 28.8 Å². The molecule has 0 spiro atoms. The number of rotatable bonds is 4. The number of benzene rings is 1. The Balaban J connectivity index is 1.77. The lowest BCUT2D eigenvalue weighted by Crippen LogP contribution is -2.45. The van der Waals surface area contributed by atoms with Gasteiger partial charge in [0.25, 0.3) is 0 Å². The summed E-state index contributed by atoms with van der Waals surface area (Å²) in [5, 5.41) is 7.54. The van der Waals surface area contributed by atoms with Gasteiger partial charge in [-0.3, -0.25) is 4.90 Å². The van der Waals surface area contributed by atoms with E-state index in [0.29, 0.717) is 17.8 Å². The van der Waals surface area contributed by atoms with Gasteiger partial charge in [-0.1, -0.05) is 29.4 Å². The van der Waals surface area contributed by atoms with E-state index in [9.17, 15) is 0 Å². The van der Waals surface area contributed by atoms with Crippen LogP contribution in [-0.4, -0.2) is 41.2 Å². The van der Waals surface area contributed by atoms with Crippen molar-refractivity contribution in [1.82, 2.24) is 20.4 Å². The fraction of sp³-hybridized carbons (Fsp3) is 0.529. The highest BCUT2D eigenvalue weighted by Gasteiger charge is 2.27. The molecule has 0 aliphatic carbocycles. The summed E-state index contributed by atoms with van der Waals surface area (Å²) in [6.45, 7) is 6.32. The first-order valence-electron chi connectivity index (χ1n) is 8.00. The van der Waals surface area contributed by atoms with Gasteiger partial charge >= 0.3 is 0 Å². The molecule has 2 heterocycles. The Morgan fingerprint density at radius 1 is 1.36 bits per heavy atom. The first-order chi connectivity index (χ1) is 10.7. The molecule has 5 nitrogen and oxygen atoms in total. The van der Waals surface area contributed by atoms with E-state index in [4.69, 9.17) is 4.52 Å². The van der Waals surface area contributed by atoms with Crippen molar-refractivity contribution in [3.8, 4) is 11.4 Å². The third-order valence-corrected chi connectivity index (χ3v) is 4.59. The van der Waals surface area contributed by atoms with Crippen LogP contribution in [0.3, 0.4) is 0 Å². The Morgan fingerprint density at radius 3 is 2.95 bits per heavy atom. The van der Waals surface area contributed by atoms with Crippen LogP contribution in [0.4, 0.5) is 0 Å². The molecule has 22 heavy (non-hydrogen) atoms. The largest absolute Gasteiger partial charge is 0.337 e. The number of nitrogens with zero attached hydrogens (tertiary/aromatic N) is 3. The number of piperidine rings is 1. The molecule has 1 aromatic carbocycles. The van der Waals surface area contributed by atoms with Crippen LogP contribution in [0.5, 0.6) is 0 Å². The second-order valence-corrected chi connectivity index (χ2v) is 6.07. The Labute approximate surface area is 131 Å². The molecule has 118 valence electrons.